The van der Waals surface area contributed by atoms with Gasteiger partial charge in [-0.15, -0.1) is 11.8 Å². The standard InChI is InChI=1S/C15H20NO5PS2/c1-4-20-22(19,21-5-2)14(15(23)24-6-3)11-12-7-9-13(10-8-12)16(17)18/h7-11H,4-6H2,1-3H3/b14-11+. The second-order valence-corrected chi connectivity index (χ2v) is 8.37. The fourth-order valence-electron chi connectivity index (χ4n) is 1.82. The van der Waals surface area contributed by atoms with Gasteiger partial charge in [0.25, 0.3) is 5.69 Å². The third-order valence-corrected chi connectivity index (χ3v) is 6.57. The Morgan fingerprint density at radius 1 is 1.25 bits per heavy atom. The van der Waals surface area contributed by atoms with E-state index in [1.165, 1.54) is 23.9 Å². The minimum Gasteiger partial charge on any atom is -0.305 e. The molecular formula is C15H20NO5PS2. The summed E-state index contributed by atoms with van der Waals surface area (Å²) >= 11 is 6.74. The van der Waals surface area contributed by atoms with Gasteiger partial charge in [-0.25, -0.2) is 0 Å². The lowest BCUT2D eigenvalue weighted by molar-refractivity contribution is -0.384. The Hall–Kier alpha value is -1.05. The van der Waals surface area contributed by atoms with Gasteiger partial charge in [-0.3, -0.25) is 14.7 Å². The average Bonchev–Trinajstić information content (AvgIpc) is 2.53. The Morgan fingerprint density at radius 3 is 2.21 bits per heavy atom. The lowest BCUT2D eigenvalue weighted by Gasteiger charge is -2.20. The van der Waals surface area contributed by atoms with Crippen LogP contribution in [0.3, 0.4) is 0 Å². The van der Waals surface area contributed by atoms with Crippen LogP contribution >= 0.6 is 31.6 Å². The van der Waals surface area contributed by atoms with Crippen LogP contribution in [0.1, 0.15) is 26.3 Å². The highest BCUT2D eigenvalue weighted by atomic mass is 32.2. The summed E-state index contributed by atoms with van der Waals surface area (Å²) in [6, 6.07) is 5.90. The van der Waals surface area contributed by atoms with E-state index in [9.17, 15) is 14.7 Å². The number of thiocarbonyl (C=S) groups is 1. The molecule has 1 aromatic carbocycles. The quantitative estimate of drug-likeness (QED) is 0.187. The van der Waals surface area contributed by atoms with Crippen LogP contribution in [0.25, 0.3) is 6.08 Å². The molecule has 1 aromatic rings. The predicted molar refractivity (Wildman–Crippen MR) is 103 cm³/mol. The first-order valence-electron chi connectivity index (χ1n) is 7.40. The Labute approximate surface area is 151 Å². The maximum atomic E-state index is 13.1. The first kappa shape index (κ1) is 21.0. The predicted octanol–water partition coefficient (Wildman–Crippen LogP) is 5.28. The molecule has 0 aliphatic carbocycles. The van der Waals surface area contributed by atoms with Crippen LogP contribution in [0.15, 0.2) is 29.6 Å². The van der Waals surface area contributed by atoms with E-state index >= 15 is 0 Å². The van der Waals surface area contributed by atoms with Crippen LogP contribution < -0.4 is 0 Å². The number of nitro benzene ring substituents is 1. The molecule has 0 saturated heterocycles. The third-order valence-electron chi connectivity index (χ3n) is 2.79. The van der Waals surface area contributed by atoms with Crippen LogP contribution in [-0.2, 0) is 13.6 Å². The van der Waals surface area contributed by atoms with Crippen molar-refractivity contribution in [3.63, 3.8) is 0 Å². The maximum absolute atomic E-state index is 13.1. The number of rotatable bonds is 9. The van der Waals surface area contributed by atoms with Crippen molar-refractivity contribution in [2.75, 3.05) is 19.0 Å². The molecule has 0 heterocycles. The van der Waals surface area contributed by atoms with E-state index in [2.05, 4.69) is 0 Å². The molecule has 9 heteroatoms. The van der Waals surface area contributed by atoms with Gasteiger partial charge in [-0.1, -0.05) is 19.1 Å². The lowest BCUT2D eigenvalue weighted by Crippen LogP contribution is -2.04. The summed E-state index contributed by atoms with van der Waals surface area (Å²) < 4.78 is 24.3. The molecule has 0 N–H and O–H groups in total. The first-order valence-corrected chi connectivity index (χ1v) is 10.3. The van der Waals surface area contributed by atoms with Gasteiger partial charge in [0.15, 0.2) is 0 Å². The zero-order valence-electron chi connectivity index (χ0n) is 13.8. The molecule has 0 spiro atoms. The summed E-state index contributed by atoms with van der Waals surface area (Å²) in [5.74, 6) is 0.717. The highest BCUT2D eigenvalue weighted by Crippen LogP contribution is 2.58. The molecule has 6 nitrogen and oxygen atoms in total. The Bertz CT molecular complexity index is 650. The number of hydrogen-bond donors (Lipinski definition) is 0. The summed E-state index contributed by atoms with van der Waals surface area (Å²) in [4.78, 5) is 10.3. The van der Waals surface area contributed by atoms with Crippen molar-refractivity contribution in [1.82, 2.24) is 0 Å². The van der Waals surface area contributed by atoms with Gasteiger partial charge in [-0.2, -0.15) is 0 Å². The highest BCUT2D eigenvalue weighted by Gasteiger charge is 2.32. The Balaban J connectivity index is 3.32. The van der Waals surface area contributed by atoms with Crippen LogP contribution in [0.2, 0.25) is 0 Å². The number of thioether (sulfide) groups is 1. The van der Waals surface area contributed by atoms with Crippen molar-refractivity contribution in [3.05, 3.63) is 45.3 Å². The molecule has 0 aliphatic rings. The van der Waals surface area contributed by atoms with E-state index < -0.39 is 12.5 Å². The Kier molecular flexibility index (Phi) is 8.80. The number of hydrogen-bond acceptors (Lipinski definition) is 7. The van der Waals surface area contributed by atoms with E-state index in [4.69, 9.17) is 21.3 Å². The highest BCUT2D eigenvalue weighted by molar-refractivity contribution is 8.24. The van der Waals surface area contributed by atoms with Gasteiger partial charge in [-0.05, 0) is 43.4 Å². The molecule has 0 atom stereocenters. The molecule has 0 bridgehead atoms. The van der Waals surface area contributed by atoms with E-state index in [0.717, 1.165) is 0 Å². The van der Waals surface area contributed by atoms with Gasteiger partial charge in [0.2, 0.25) is 0 Å². The van der Waals surface area contributed by atoms with Gasteiger partial charge in [0, 0.05) is 12.1 Å². The fraction of sp³-hybridized carbons (Fsp3) is 0.400. The number of nitro groups is 1. The molecule has 0 unspecified atom stereocenters. The summed E-state index contributed by atoms with van der Waals surface area (Å²) in [5, 5.41) is 11.0. The molecule has 0 radical (unpaired) electrons. The van der Waals surface area contributed by atoms with Crippen molar-refractivity contribution >= 4 is 47.5 Å². The topological polar surface area (TPSA) is 78.7 Å². The van der Waals surface area contributed by atoms with Crippen molar-refractivity contribution in [1.29, 1.82) is 0 Å². The largest absolute Gasteiger partial charge is 0.363 e. The van der Waals surface area contributed by atoms with E-state index in [1.54, 1.807) is 32.1 Å². The van der Waals surface area contributed by atoms with E-state index in [1.807, 2.05) is 6.92 Å². The Morgan fingerprint density at radius 2 is 1.79 bits per heavy atom. The summed E-state index contributed by atoms with van der Waals surface area (Å²) in [6.45, 7) is 5.83. The minimum atomic E-state index is -3.55. The maximum Gasteiger partial charge on any atom is 0.363 e. The molecule has 132 valence electrons. The van der Waals surface area contributed by atoms with Crippen LogP contribution in [0.4, 0.5) is 5.69 Å². The first-order chi connectivity index (χ1) is 11.4. The summed E-state index contributed by atoms with van der Waals surface area (Å²) in [5.41, 5.74) is 0.617. The molecule has 0 aromatic heterocycles. The second kappa shape index (κ2) is 10.1. The van der Waals surface area contributed by atoms with Crippen molar-refractivity contribution in [2.45, 2.75) is 20.8 Å². The average molecular weight is 389 g/mol. The number of nitrogens with zero attached hydrogens (tertiary/aromatic N) is 1. The van der Waals surface area contributed by atoms with Crippen LogP contribution in [-0.4, -0.2) is 28.1 Å². The molecule has 0 amide bonds. The zero-order chi connectivity index (χ0) is 18.2. The lowest BCUT2D eigenvalue weighted by atomic mass is 10.2. The molecular weight excluding hydrogens is 369 g/mol. The van der Waals surface area contributed by atoms with Gasteiger partial charge in [0.05, 0.1) is 27.6 Å². The second-order valence-electron chi connectivity index (χ2n) is 4.43. The van der Waals surface area contributed by atoms with Crippen molar-refractivity contribution in [3.8, 4) is 0 Å². The summed E-state index contributed by atoms with van der Waals surface area (Å²) in [7, 11) is -3.55. The van der Waals surface area contributed by atoms with Crippen molar-refractivity contribution < 1.29 is 18.5 Å². The van der Waals surface area contributed by atoms with Gasteiger partial charge in [0.1, 0.15) is 0 Å². The molecule has 0 saturated carbocycles. The van der Waals surface area contributed by atoms with Gasteiger partial charge < -0.3 is 9.05 Å². The molecule has 24 heavy (non-hydrogen) atoms. The van der Waals surface area contributed by atoms with Crippen LogP contribution in [0.5, 0.6) is 0 Å². The minimum absolute atomic E-state index is 0.0167. The zero-order valence-corrected chi connectivity index (χ0v) is 16.3. The molecule has 0 aliphatic heterocycles. The SMILES string of the molecule is CCOP(=O)(OCC)/C(=C/c1ccc([N+](=O)[O-])cc1)C(=S)SCC. The monoisotopic (exact) mass is 389 g/mol. The smallest absolute Gasteiger partial charge is 0.305 e. The molecule has 1 rings (SSSR count). The van der Waals surface area contributed by atoms with Crippen LogP contribution in [0, 0.1) is 10.1 Å². The van der Waals surface area contributed by atoms with Crippen molar-refractivity contribution in [2.24, 2.45) is 0 Å². The van der Waals surface area contributed by atoms with E-state index in [-0.39, 0.29) is 18.9 Å². The number of benzene rings is 1. The fourth-order valence-corrected chi connectivity index (χ4v) is 5.13. The normalized spacial score (nSPS) is 12.2. The van der Waals surface area contributed by atoms with E-state index in [0.29, 0.717) is 20.8 Å². The third kappa shape index (κ3) is 5.79. The van der Waals surface area contributed by atoms with Gasteiger partial charge >= 0.3 is 7.60 Å². The summed E-state index contributed by atoms with van der Waals surface area (Å²) in [6.07, 6.45) is 1.61. The molecule has 0 fully saturated rings. The number of non-ortho nitro benzene ring substituents is 1.